The third-order valence-corrected chi connectivity index (χ3v) is 4.18. The van der Waals surface area contributed by atoms with Crippen molar-refractivity contribution in [2.24, 2.45) is 5.73 Å². The standard InChI is InChI=1S/C21H21N3O.ClH/c1-23-21(25)19(22)13-16-9-5-6-10-18(16)17-11-12-20(24-14-17)15-7-3-2-4-8-15;/h2-12,14,19H,13,22H2,1H3,(H,23,25);1H/t19-;/m0./s1. The zero-order valence-corrected chi connectivity index (χ0v) is 15.4. The molecule has 0 aliphatic rings. The molecule has 0 saturated heterocycles. The maximum atomic E-state index is 11.7. The van der Waals surface area contributed by atoms with Gasteiger partial charge in [-0.1, -0.05) is 60.7 Å². The van der Waals surface area contributed by atoms with Crippen molar-refractivity contribution in [3.05, 3.63) is 78.5 Å². The monoisotopic (exact) mass is 367 g/mol. The third-order valence-electron chi connectivity index (χ3n) is 4.18. The molecule has 3 N–H and O–H groups in total. The Morgan fingerprint density at radius 2 is 1.69 bits per heavy atom. The van der Waals surface area contributed by atoms with Crippen molar-refractivity contribution >= 4 is 18.3 Å². The lowest BCUT2D eigenvalue weighted by molar-refractivity contribution is -0.121. The van der Waals surface area contributed by atoms with E-state index in [9.17, 15) is 4.79 Å². The SMILES string of the molecule is CNC(=O)[C@@H](N)Cc1ccccc1-c1ccc(-c2ccccc2)nc1.Cl. The van der Waals surface area contributed by atoms with Crippen LogP contribution in [-0.4, -0.2) is 24.0 Å². The molecule has 0 aliphatic heterocycles. The van der Waals surface area contributed by atoms with E-state index < -0.39 is 6.04 Å². The zero-order chi connectivity index (χ0) is 17.6. The normalized spacial score (nSPS) is 11.3. The van der Waals surface area contributed by atoms with Crippen LogP contribution in [0.25, 0.3) is 22.4 Å². The van der Waals surface area contributed by atoms with Gasteiger partial charge in [-0.2, -0.15) is 0 Å². The lowest BCUT2D eigenvalue weighted by Crippen LogP contribution is -2.40. The largest absolute Gasteiger partial charge is 0.358 e. The van der Waals surface area contributed by atoms with Crippen LogP contribution in [0.5, 0.6) is 0 Å². The van der Waals surface area contributed by atoms with Gasteiger partial charge < -0.3 is 11.1 Å². The van der Waals surface area contributed by atoms with Crippen LogP contribution in [-0.2, 0) is 11.2 Å². The Balaban J connectivity index is 0.00000243. The number of carbonyl (C=O) groups is 1. The maximum absolute atomic E-state index is 11.7. The fourth-order valence-electron chi connectivity index (χ4n) is 2.83. The van der Waals surface area contributed by atoms with E-state index in [2.05, 4.69) is 16.4 Å². The average molecular weight is 368 g/mol. The fourth-order valence-corrected chi connectivity index (χ4v) is 2.83. The van der Waals surface area contributed by atoms with Crippen LogP contribution >= 0.6 is 12.4 Å². The number of nitrogens with zero attached hydrogens (tertiary/aromatic N) is 1. The molecule has 0 saturated carbocycles. The Hall–Kier alpha value is -2.69. The highest BCUT2D eigenvalue weighted by atomic mass is 35.5. The van der Waals surface area contributed by atoms with Gasteiger partial charge in [0.2, 0.25) is 5.91 Å². The van der Waals surface area contributed by atoms with Crippen LogP contribution in [0.15, 0.2) is 72.9 Å². The number of hydrogen-bond donors (Lipinski definition) is 2. The molecule has 1 heterocycles. The van der Waals surface area contributed by atoms with Gasteiger partial charge in [0.25, 0.3) is 0 Å². The predicted molar refractivity (Wildman–Crippen MR) is 108 cm³/mol. The van der Waals surface area contributed by atoms with Gasteiger partial charge in [-0.05, 0) is 23.6 Å². The van der Waals surface area contributed by atoms with Crippen LogP contribution < -0.4 is 11.1 Å². The van der Waals surface area contributed by atoms with Crippen molar-refractivity contribution < 1.29 is 4.79 Å². The molecule has 3 rings (SSSR count). The summed E-state index contributed by atoms with van der Waals surface area (Å²) in [5.41, 5.74) is 11.1. The lowest BCUT2D eigenvalue weighted by Gasteiger charge is -2.14. The number of rotatable bonds is 5. The minimum Gasteiger partial charge on any atom is -0.358 e. The Kier molecular flexibility index (Phi) is 6.89. The first-order valence-electron chi connectivity index (χ1n) is 8.26. The average Bonchev–Trinajstić information content (AvgIpc) is 2.68. The molecule has 0 aliphatic carbocycles. The Labute approximate surface area is 159 Å². The Bertz CT molecular complexity index is 851. The number of amides is 1. The van der Waals surface area contributed by atoms with E-state index in [1.54, 1.807) is 7.05 Å². The highest BCUT2D eigenvalue weighted by Crippen LogP contribution is 2.26. The smallest absolute Gasteiger partial charge is 0.237 e. The van der Waals surface area contributed by atoms with Crippen molar-refractivity contribution in [1.29, 1.82) is 0 Å². The molecule has 1 atom stereocenters. The molecule has 0 bridgehead atoms. The minimum absolute atomic E-state index is 0. The Morgan fingerprint density at radius 3 is 2.35 bits per heavy atom. The number of benzene rings is 2. The summed E-state index contributed by atoms with van der Waals surface area (Å²) in [5.74, 6) is -0.160. The van der Waals surface area contributed by atoms with Gasteiger partial charge in [-0.3, -0.25) is 9.78 Å². The molecule has 3 aromatic rings. The highest BCUT2D eigenvalue weighted by Gasteiger charge is 2.15. The summed E-state index contributed by atoms with van der Waals surface area (Å²) in [5, 5.41) is 2.59. The molecule has 0 spiro atoms. The van der Waals surface area contributed by atoms with Crippen LogP contribution in [0.1, 0.15) is 5.56 Å². The van der Waals surface area contributed by atoms with Crippen molar-refractivity contribution in [2.45, 2.75) is 12.5 Å². The molecule has 2 aromatic carbocycles. The summed E-state index contributed by atoms with van der Waals surface area (Å²) in [4.78, 5) is 16.3. The highest BCUT2D eigenvalue weighted by molar-refractivity contribution is 5.85. The van der Waals surface area contributed by atoms with Gasteiger partial charge in [-0.15, -0.1) is 12.4 Å². The number of aromatic nitrogens is 1. The predicted octanol–water partition coefficient (Wildman–Crippen LogP) is 3.45. The van der Waals surface area contributed by atoms with Crippen molar-refractivity contribution in [3.8, 4) is 22.4 Å². The molecule has 0 unspecified atom stereocenters. The van der Waals surface area contributed by atoms with E-state index in [0.717, 1.165) is 27.9 Å². The number of nitrogens with one attached hydrogen (secondary N) is 1. The molecule has 134 valence electrons. The molecule has 1 amide bonds. The van der Waals surface area contributed by atoms with Crippen LogP contribution in [0.4, 0.5) is 0 Å². The van der Waals surface area contributed by atoms with Crippen molar-refractivity contribution in [3.63, 3.8) is 0 Å². The second kappa shape index (κ2) is 9.13. The molecular weight excluding hydrogens is 346 g/mol. The number of carbonyl (C=O) groups excluding carboxylic acids is 1. The molecule has 26 heavy (non-hydrogen) atoms. The number of pyridine rings is 1. The van der Waals surface area contributed by atoms with E-state index in [1.165, 1.54) is 0 Å². The van der Waals surface area contributed by atoms with Gasteiger partial charge in [0.15, 0.2) is 0 Å². The van der Waals surface area contributed by atoms with E-state index >= 15 is 0 Å². The molecule has 0 radical (unpaired) electrons. The van der Waals surface area contributed by atoms with E-state index in [4.69, 9.17) is 5.73 Å². The lowest BCUT2D eigenvalue weighted by atomic mass is 9.95. The zero-order valence-electron chi connectivity index (χ0n) is 14.6. The fraction of sp³-hybridized carbons (Fsp3) is 0.143. The second-order valence-corrected chi connectivity index (χ2v) is 5.88. The maximum Gasteiger partial charge on any atom is 0.237 e. The summed E-state index contributed by atoms with van der Waals surface area (Å²) in [6.45, 7) is 0. The third kappa shape index (κ3) is 4.48. The quantitative estimate of drug-likeness (QED) is 0.725. The van der Waals surface area contributed by atoms with E-state index in [0.29, 0.717) is 6.42 Å². The van der Waals surface area contributed by atoms with Crippen LogP contribution in [0, 0.1) is 0 Å². The number of nitrogens with two attached hydrogens (primary N) is 1. The first-order chi connectivity index (χ1) is 12.2. The summed E-state index contributed by atoms with van der Waals surface area (Å²) >= 11 is 0. The molecule has 0 fully saturated rings. The summed E-state index contributed by atoms with van der Waals surface area (Å²) in [7, 11) is 1.60. The summed E-state index contributed by atoms with van der Waals surface area (Å²) in [6, 6.07) is 21.5. The van der Waals surface area contributed by atoms with Gasteiger partial charge in [-0.25, -0.2) is 0 Å². The van der Waals surface area contributed by atoms with Crippen molar-refractivity contribution in [1.82, 2.24) is 10.3 Å². The number of halogens is 1. The summed E-state index contributed by atoms with van der Waals surface area (Å²) < 4.78 is 0. The van der Waals surface area contributed by atoms with E-state index in [-0.39, 0.29) is 18.3 Å². The second-order valence-electron chi connectivity index (χ2n) is 5.88. The summed E-state index contributed by atoms with van der Waals surface area (Å²) in [6.07, 6.45) is 2.35. The number of likely N-dealkylation sites (N-methyl/N-ethyl adjacent to an activating group) is 1. The molecule has 1 aromatic heterocycles. The van der Waals surface area contributed by atoms with Gasteiger partial charge in [0.05, 0.1) is 11.7 Å². The topological polar surface area (TPSA) is 68.0 Å². The van der Waals surface area contributed by atoms with Crippen LogP contribution in [0.2, 0.25) is 0 Å². The first-order valence-corrected chi connectivity index (χ1v) is 8.26. The van der Waals surface area contributed by atoms with Gasteiger partial charge >= 0.3 is 0 Å². The number of hydrogen-bond acceptors (Lipinski definition) is 3. The van der Waals surface area contributed by atoms with Crippen LogP contribution in [0.3, 0.4) is 0 Å². The minimum atomic E-state index is -0.567. The first kappa shape index (κ1) is 19.6. The molecular formula is C21H22ClN3O. The van der Waals surface area contributed by atoms with Gasteiger partial charge in [0.1, 0.15) is 0 Å². The Morgan fingerprint density at radius 1 is 1.00 bits per heavy atom. The molecule has 5 heteroatoms. The molecule has 4 nitrogen and oxygen atoms in total. The van der Waals surface area contributed by atoms with Crippen molar-refractivity contribution in [2.75, 3.05) is 7.05 Å². The van der Waals surface area contributed by atoms with Gasteiger partial charge in [0, 0.05) is 24.4 Å². The van der Waals surface area contributed by atoms with E-state index in [1.807, 2.05) is 66.9 Å².